The quantitative estimate of drug-likeness (QED) is 0.849. The standard InChI is InChI=1S/C17H22N2O2/c1-3-21-17(20)14-9-6-8-13-11-12-7-4-5-10-15(12)19(2)16(13)18-14/h4-5,7,10,14,18H,3,6,8-9,11H2,1-2H3. The van der Waals surface area contributed by atoms with Gasteiger partial charge in [-0.1, -0.05) is 18.2 Å². The minimum Gasteiger partial charge on any atom is -0.464 e. The van der Waals surface area contributed by atoms with Gasteiger partial charge < -0.3 is 15.0 Å². The molecule has 112 valence electrons. The first-order chi connectivity index (χ1) is 10.2. The van der Waals surface area contributed by atoms with Crippen molar-refractivity contribution in [2.75, 3.05) is 18.6 Å². The first kappa shape index (κ1) is 14.0. The van der Waals surface area contributed by atoms with Crippen LogP contribution in [-0.2, 0) is 16.0 Å². The van der Waals surface area contributed by atoms with E-state index in [1.54, 1.807) is 0 Å². The van der Waals surface area contributed by atoms with E-state index in [1.165, 1.54) is 16.8 Å². The van der Waals surface area contributed by atoms with Gasteiger partial charge in [0.1, 0.15) is 11.9 Å². The van der Waals surface area contributed by atoms with Crippen molar-refractivity contribution < 1.29 is 9.53 Å². The minimum atomic E-state index is -0.231. The summed E-state index contributed by atoms with van der Waals surface area (Å²) in [7, 11) is 2.06. The number of benzene rings is 1. The molecule has 1 aromatic rings. The molecule has 2 heterocycles. The number of hydrogen-bond acceptors (Lipinski definition) is 4. The summed E-state index contributed by atoms with van der Waals surface area (Å²) in [6.45, 7) is 2.28. The van der Waals surface area contributed by atoms with Crippen LogP contribution < -0.4 is 10.2 Å². The van der Waals surface area contributed by atoms with Crippen LogP contribution in [0, 0.1) is 0 Å². The molecule has 0 radical (unpaired) electrons. The van der Waals surface area contributed by atoms with Crippen molar-refractivity contribution in [1.29, 1.82) is 0 Å². The largest absolute Gasteiger partial charge is 0.464 e. The van der Waals surface area contributed by atoms with Gasteiger partial charge in [-0.2, -0.15) is 0 Å². The van der Waals surface area contributed by atoms with Gasteiger partial charge in [0, 0.05) is 12.7 Å². The van der Waals surface area contributed by atoms with Crippen molar-refractivity contribution in [2.24, 2.45) is 0 Å². The van der Waals surface area contributed by atoms with Gasteiger partial charge in [0.25, 0.3) is 0 Å². The van der Waals surface area contributed by atoms with Crippen LogP contribution in [0.1, 0.15) is 31.7 Å². The summed E-state index contributed by atoms with van der Waals surface area (Å²) in [6.07, 6.45) is 3.86. The number of ether oxygens (including phenoxy) is 1. The van der Waals surface area contributed by atoms with Crippen molar-refractivity contribution in [3.63, 3.8) is 0 Å². The molecule has 1 aromatic carbocycles. The van der Waals surface area contributed by atoms with Crippen LogP contribution in [0.2, 0.25) is 0 Å². The molecule has 0 fully saturated rings. The summed E-state index contributed by atoms with van der Waals surface area (Å²) in [4.78, 5) is 14.2. The minimum absolute atomic E-state index is 0.140. The fourth-order valence-corrected chi connectivity index (χ4v) is 3.24. The SMILES string of the molecule is CCOC(=O)C1CCCC2=C(N1)N(C)c1ccccc1C2. The van der Waals surface area contributed by atoms with Crippen molar-refractivity contribution >= 4 is 11.7 Å². The van der Waals surface area contributed by atoms with E-state index in [0.29, 0.717) is 6.61 Å². The normalized spacial score (nSPS) is 21.0. The van der Waals surface area contributed by atoms with Crippen LogP contribution in [0.15, 0.2) is 35.7 Å². The zero-order valence-corrected chi connectivity index (χ0v) is 12.7. The molecule has 2 aliphatic rings. The molecule has 2 aliphatic heterocycles. The number of para-hydroxylation sites is 1. The number of carbonyl (C=O) groups excluding carboxylic acids is 1. The zero-order chi connectivity index (χ0) is 14.8. The monoisotopic (exact) mass is 286 g/mol. The van der Waals surface area contributed by atoms with E-state index in [9.17, 15) is 4.79 Å². The Bertz CT molecular complexity index is 580. The van der Waals surface area contributed by atoms with Crippen LogP contribution >= 0.6 is 0 Å². The maximum Gasteiger partial charge on any atom is 0.328 e. The molecule has 4 nitrogen and oxygen atoms in total. The second-order valence-corrected chi connectivity index (χ2v) is 5.66. The maximum atomic E-state index is 12.1. The molecular formula is C17H22N2O2. The number of nitrogens with zero attached hydrogens (tertiary/aromatic N) is 1. The van der Waals surface area contributed by atoms with Crippen molar-refractivity contribution in [3.8, 4) is 0 Å². The fourth-order valence-electron chi connectivity index (χ4n) is 3.24. The van der Waals surface area contributed by atoms with Crippen molar-refractivity contribution in [2.45, 2.75) is 38.6 Å². The second kappa shape index (κ2) is 5.80. The highest BCUT2D eigenvalue weighted by Crippen LogP contribution is 2.34. The predicted octanol–water partition coefficient (Wildman–Crippen LogP) is 2.60. The van der Waals surface area contributed by atoms with Crippen molar-refractivity contribution in [3.05, 3.63) is 41.2 Å². The first-order valence-electron chi connectivity index (χ1n) is 7.67. The number of carbonyl (C=O) groups is 1. The smallest absolute Gasteiger partial charge is 0.328 e. The lowest BCUT2D eigenvalue weighted by Crippen LogP contribution is -2.42. The summed E-state index contributed by atoms with van der Waals surface area (Å²) >= 11 is 0. The van der Waals surface area contributed by atoms with Gasteiger partial charge in [-0.05, 0) is 49.8 Å². The molecule has 0 spiro atoms. The van der Waals surface area contributed by atoms with Gasteiger partial charge in [-0.25, -0.2) is 4.79 Å². The lowest BCUT2D eigenvalue weighted by molar-refractivity contribution is -0.145. The lowest BCUT2D eigenvalue weighted by Gasteiger charge is -2.33. The average Bonchev–Trinajstić information content (AvgIpc) is 2.70. The molecule has 1 unspecified atom stereocenters. The molecule has 0 bridgehead atoms. The van der Waals surface area contributed by atoms with Gasteiger partial charge in [-0.15, -0.1) is 0 Å². The topological polar surface area (TPSA) is 41.6 Å². The Balaban J connectivity index is 1.87. The van der Waals surface area contributed by atoms with Gasteiger partial charge >= 0.3 is 5.97 Å². The van der Waals surface area contributed by atoms with E-state index < -0.39 is 0 Å². The molecule has 4 heteroatoms. The van der Waals surface area contributed by atoms with Crippen LogP contribution in [0.25, 0.3) is 0 Å². The Morgan fingerprint density at radius 2 is 2.24 bits per heavy atom. The average molecular weight is 286 g/mol. The van der Waals surface area contributed by atoms with Crippen LogP contribution in [-0.4, -0.2) is 25.7 Å². The fraction of sp³-hybridized carbons (Fsp3) is 0.471. The summed E-state index contributed by atoms with van der Waals surface area (Å²) < 4.78 is 5.18. The Hall–Kier alpha value is -1.97. The third kappa shape index (κ3) is 2.62. The van der Waals surface area contributed by atoms with E-state index in [-0.39, 0.29) is 12.0 Å². The molecule has 0 aromatic heterocycles. The number of hydrogen-bond donors (Lipinski definition) is 1. The number of esters is 1. The summed E-state index contributed by atoms with van der Waals surface area (Å²) in [5, 5.41) is 3.42. The third-order valence-corrected chi connectivity index (χ3v) is 4.28. The molecule has 21 heavy (non-hydrogen) atoms. The number of anilines is 1. The molecule has 0 saturated carbocycles. The van der Waals surface area contributed by atoms with Crippen LogP contribution in [0.4, 0.5) is 5.69 Å². The van der Waals surface area contributed by atoms with E-state index in [0.717, 1.165) is 31.5 Å². The predicted molar refractivity (Wildman–Crippen MR) is 83.0 cm³/mol. The number of fused-ring (bicyclic) bond motifs is 1. The molecule has 0 amide bonds. The molecule has 1 N–H and O–H groups in total. The van der Waals surface area contributed by atoms with Gasteiger partial charge in [0.05, 0.1) is 6.61 Å². The lowest BCUT2D eigenvalue weighted by atomic mass is 9.95. The van der Waals surface area contributed by atoms with E-state index >= 15 is 0 Å². The third-order valence-electron chi connectivity index (χ3n) is 4.28. The van der Waals surface area contributed by atoms with Gasteiger partial charge in [-0.3, -0.25) is 0 Å². The number of nitrogens with one attached hydrogen (secondary N) is 1. The van der Waals surface area contributed by atoms with Crippen molar-refractivity contribution in [1.82, 2.24) is 5.32 Å². The maximum absolute atomic E-state index is 12.1. The highest BCUT2D eigenvalue weighted by molar-refractivity contribution is 5.76. The zero-order valence-electron chi connectivity index (χ0n) is 12.7. The Kier molecular flexibility index (Phi) is 3.86. The van der Waals surface area contributed by atoms with Gasteiger partial charge in [0.15, 0.2) is 0 Å². The summed E-state index contributed by atoms with van der Waals surface area (Å²) in [6, 6.07) is 8.23. The van der Waals surface area contributed by atoms with E-state index in [1.807, 2.05) is 6.92 Å². The second-order valence-electron chi connectivity index (χ2n) is 5.66. The summed E-state index contributed by atoms with van der Waals surface area (Å²) in [5.74, 6) is 0.947. The molecular weight excluding hydrogens is 264 g/mol. The van der Waals surface area contributed by atoms with Crippen LogP contribution in [0.3, 0.4) is 0 Å². The number of rotatable bonds is 2. The Labute approximate surface area is 125 Å². The van der Waals surface area contributed by atoms with E-state index in [4.69, 9.17) is 4.74 Å². The van der Waals surface area contributed by atoms with Gasteiger partial charge in [0.2, 0.25) is 0 Å². The highest BCUT2D eigenvalue weighted by atomic mass is 16.5. The Morgan fingerprint density at radius 1 is 1.43 bits per heavy atom. The highest BCUT2D eigenvalue weighted by Gasteiger charge is 2.29. The Morgan fingerprint density at radius 3 is 3.05 bits per heavy atom. The molecule has 0 saturated heterocycles. The van der Waals surface area contributed by atoms with E-state index in [2.05, 4.69) is 41.5 Å². The molecule has 3 rings (SSSR count). The first-order valence-corrected chi connectivity index (χ1v) is 7.67. The number of allylic oxidation sites excluding steroid dienone is 1. The summed E-state index contributed by atoms with van der Waals surface area (Å²) in [5.41, 5.74) is 3.96. The van der Waals surface area contributed by atoms with Crippen LogP contribution in [0.5, 0.6) is 0 Å². The molecule has 0 aliphatic carbocycles. The molecule has 1 atom stereocenters.